The highest BCUT2D eigenvalue weighted by molar-refractivity contribution is 8.26. The highest BCUT2D eigenvalue weighted by Gasteiger charge is 2.71. The Hall–Kier alpha value is -2.84. The van der Waals surface area contributed by atoms with Gasteiger partial charge in [-0.2, -0.15) is 26.3 Å². The molecule has 14 heteroatoms. The van der Waals surface area contributed by atoms with Crippen molar-refractivity contribution in [1.82, 2.24) is 4.90 Å². The van der Waals surface area contributed by atoms with Crippen molar-refractivity contribution in [2.45, 2.75) is 43.6 Å². The van der Waals surface area contributed by atoms with E-state index in [2.05, 4.69) is 0 Å². The van der Waals surface area contributed by atoms with E-state index >= 15 is 0 Å². The number of carbonyl (C=O) groups is 2. The molecule has 0 saturated carbocycles. The molecule has 1 saturated heterocycles. The highest BCUT2D eigenvalue weighted by atomic mass is 32.2. The number of aliphatic carboxylic acids is 1. The third-order valence-electron chi connectivity index (χ3n) is 5.45. The third-order valence-corrected chi connectivity index (χ3v) is 6.83. The zero-order valence-electron chi connectivity index (χ0n) is 18.7. The number of halogens is 6. The topological polar surface area (TPSA) is 91.0 Å². The van der Waals surface area contributed by atoms with Gasteiger partial charge in [0.1, 0.15) is 15.8 Å². The molecule has 200 valence electrons. The van der Waals surface area contributed by atoms with E-state index in [4.69, 9.17) is 21.7 Å². The van der Waals surface area contributed by atoms with E-state index in [0.717, 1.165) is 23.9 Å². The maximum absolute atomic E-state index is 13.1. The third kappa shape index (κ3) is 6.18. The van der Waals surface area contributed by atoms with Crippen LogP contribution in [0.3, 0.4) is 0 Å². The van der Waals surface area contributed by atoms with Gasteiger partial charge in [0, 0.05) is 30.2 Å². The SMILES string of the molecule is O=C(O)CCCCCN1C(=O)C(=Cc2ccc(-c3ccc(C(O)(C(F)(F)F)C(F)(F)F)cc3)o2)SC1=S. The zero-order valence-corrected chi connectivity index (χ0v) is 20.4. The van der Waals surface area contributed by atoms with E-state index in [9.17, 15) is 41.0 Å². The van der Waals surface area contributed by atoms with Crippen LogP contribution in [0.25, 0.3) is 17.4 Å². The molecule has 1 aromatic carbocycles. The van der Waals surface area contributed by atoms with E-state index < -0.39 is 29.5 Å². The number of thiocarbonyl (C=S) groups is 1. The maximum Gasteiger partial charge on any atom is 0.430 e. The number of hydrogen-bond acceptors (Lipinski definition) is 6. The van der Waals surface area contributed by atoms with Gasteiger partial charge in [0.25, 0.3) is 11.5 Å². The molecular formula is C23H19F6NO5S2. The second-order valence-electron chi connectivity index (χ2n) is 8.02. The van der Waals surface area contributed by atoms with Gasteiger partial charge in [-0.15, -0.1) is 0 Å². The number of benzene rings is 1. The molecule has 0 unspecified atom stereocenters. The van der Waals surface area contributed by atoms with Crippen LogP contribution in [0.1, 0.15) is 37.0 Å². The molecule has 2 heterocycles. The Morgan fingerprint density at radius 3 is 2.19 bits per heavy atom. The van der Waals surface area contributed by atoms with Crippen LogP contribution in [-0.2, 0) is 15.2 Å². The minimum absolute atomic E-state index is 0.0351. The second-order valence-corrected chi connectivity index (χ2v) is 9.70. The van der Waals surface area contributed by atoms with E-state index in [1.54, 1.807) is 0 Å². The largest absolute Gasteiger partial charge is 0.481 e. The molecule has 2 N–H and O–H groups in total. The molecule has 1 aliphatic heterocycles. The summed E-state index contributed by atoms with van der Waals surface area (Å²) in [5.74, 6) is -0.960. The fraction of sp³-hybridized carbons (Fsp3) is 0.348. The molecule has 1 amide bonds. The molecule has 0 radical (unpaired) electrons. The predicted molar refractivity (Wildman–Crippen MR) is 126 cm³/mol. The first-order chi connectivity index (χ1) is 17.1. The van der Waals surface area contributed by atoms with Crippen molar-refractivity contribution in [3.05, 3.63) is 52.6 Å². The van der Waals surface area contributed by atoms with Gasteiger partial charge < -0.3 is 14.6 Å². The van der Waals surface area contributed by atoms with Gasteiger partial charge in [-0.3, -0.25) is 14.5 Å². The number of unbranched alkanes of at least 4 members (excludes halogenated alkanes) is 2. The molecule has 2 aromatic rings. The van der Waals surface area contributed by atoms with Crippen LogP contribution < -0.4 is 0 Å². The zero-order chi connectivity index (χ0) is 27.6. The second kappa shape index (κ2) is 10.9. The summed E-state index contributed by atoms with van der Waals surface area (Å²) in [5, 5.41) is 18.2. The van der Waals surface area contributed by atoms with Crippen molar-refractivity contribution < 1.29 is 50.6 Å². The van der Waals surface area contributed by atoms with E-state index in [1.165, 1.54) is 23.1 Å². The van der Waals surface area contributed by atoms with Crippen LogP contribution >= 0.6 is 24.0 Å². The number of hydrogen-bond donors (Lipinski definition) is 2. The Morgan fingerprint density at radius 1 is 1.00 bits per heavy atom. The summed E-state index contributed by atoms with van der Waals surface area (Å²) in [6, 6.07) is 5.81. The molecule has 6 nitrogen and oxygen atoms in total. The Bertz CT molecular complexity index is 1190. The van der Waals surface area contributed by atoms with Gasteiger partial charge in [-0.25, -0.2) is 0 Å². The molecule has 37 heavy (non-hydrogen) atoms. The highest BCUT2D eigenvalue weighted by Crippen LogP contribution is 2.50. The Balaban J connectivity index is 1.72. The summed E-state index contributed by atoms with van der Waals surface area (Å²) in [6.45, 7) is 0.319. The quantitative estimate of drug-likeness (QED) is 0.164. The monoisotopic (exact) mass is 567 g/mol. The summed E-state index contributed by atoms with van der Waals surface area (Å²) in [7, 11) is 0. The summed E-state index contributed by atoms with van der Waals surface area (Å²) < 4.78 is 84.3. The lowest BCUT2D eigenvalue weighted by atomic mass is 9.91. The lowest BCUT2D eigenvalue weighted by Gasteiger charge is -2.32. The number of furan rings is 1. The standard InChI is InChI=1S/C23H19F6NO5S2/c24-22(25,26)21(34,23(27,28)29)14-7-5-13(6-8-14)16-10-9-15(35-16)12-17-19(33)30(20(36)37-17)11-3-1-2-4-18(31)32/h5-10,12,34H,1-4,11H2,(H,31,32). The summed E-state index contributed by atoms with van der Waals surface area (Å²) in [6.07, 6.45) is -8.90. The first-order valence-electron chi connectivity index (χ1n) is 10.7. The van der Waals surface area contributed by atoms with Gasteiger partial charge in [0.05, 0.1) is 4.91 Å². The Morgan fingerprint density at radius 2 is 1.62 bits per heavy atom. The van der Waals surface area contributed by atoms with Gasteiger partial charge in [0.2, 0.25) is 0 Å². The van der Waals surface area contributed by atoms with Crippen molar-refractivity contribution in [3.63, 3.8) is 0 Å². The molecule has 1 aliphatic rings. The van der Waals surface area contributed by atoms with Crippen LogP contribution in [0.15, 0.2) is 45.7 Å². The fourth-order valence-corrected chi connectivity index (χ4v) is 4.78. The molecule has 0 aliphatic carbocycles. The minimum Gasteiger partial charge on any atom is -0.481 e. The number of thioether (sulfide) groups is 1. The first-order valence-corrected chi connectivity index (χ1v) is 11.9. The van der Waals surface area contributed by atoms with Crippen molar-refractivity contribution in [2.24, 2.45) is 0 Å². The first kappa shape index (κ1) is 28.7. The number of aliphatic hydroxyl groups is 1. The number of nitrogens with zero attached hydrogens (tertiary/aromatic N) is 1. The van der Waals surface area contributed by atoms with Crippen molar-refractivity contribution >= 4 is 46.3 Å². The number of carboxylic acids is 1. The van der Waals surface area contributed by atoms with Crippen LogP contribution in [0.4, 0.5) is 26.3 Å². The maximum atomic E-state index is 13.1. The van der Waals surface area contributed by atoms with Crippen LogP contribution in [0, 0.1) is 0 Å². The number of carbonyl (C=O) groups excluding carboxylic acids is 1. The average molecular weight is 568 g/mol. The van der Waals surface area contributed by atoms with Crippen LogP contribution in [0.2, 0.25) is 0 Å². The van der Waals surface area contributed by atoms with Gasteiger partial charge >= 0.3 is 18.3 Å². The fourth-order valence-electron chi connectivity index (χ4n) is 3.49. The van der Waals surface area contributed by atoms with Crippen LogP contribution in [0.5, 0.6) is 0 Å². The Kier molecular flexibility index (Phi) is 8.44. The summed E-state index contributed by atoms with van der Waals surface area (Å²) in [5.41, 5.74) is -6.28. The normalized spacial score (nSPS) is 16.2. The summed E-state index contributed by atoms with van der Waals surface area (Å²) >= 11 is 6.26. The molecule has 3 rings (SSSR count). The van der Waals surface area contributed by atoms with E-state index in [-0.39, 0.29) is 34.3 Å². The molecular weight excluding hydrogens is 548 g/mol. The van der Waals surface area contributed by atoms with Gasteiger partial charge in [0.15, 0.2) is 0 Å². The van der Waals surface area contributed by atoms with E-state index in [1.807, 2.05) is 0 Å². The molecule has 0 spiro atoms. The smallest absolute Gasteiger partial charge is 0.430 e. The van der Waals surface area contributed by atoms with Crippen LogP contribution in [-0.4, -0.2) is 50.2 Å². The number of rotatable bonds is 9. The minimum atomic E-state index is -5.99. The number of amides is 1. The average Bonchev–Trinajstić information content (AvgIpc) is 3.36. The number of carboxylic acid groups (broad SMARTS) is 1. The summed E-state index contributed by atoms with van der Waals surface area (Å²) in [4.78, 5) is 24.9. The van der Waals surface area contributed by atoms with Gasteiger partial charge in [-0.1, -0.05) is 54.7 Å². The molecule has 1 aromatic heterocycles. The van der Waals surface area contributed by atoms with Crippen molar-refractivity contribution in [2.75, 3.05) is 6.54 Å². The Labute approximate surface area is 215 Å². The molecule has 1 fully saturated rings. The van der Waals surface area contributed by atoms with E-state index in [0.29, 0.717) is 42.3 Å². The molecule has 0 bridgehead atoms. The molecule has 0 atom stereocenters. The lowest BCUT2D eigenvalue weighted by molar-refractivity contribution is -0.376. The number of alkyl halides is 6. The van der Waals surface area contributed by atoms with Crippen molar-refractivity contribution in [3.8, 4) is 11.3 Å². The lowest BCUT2D eigenvalue weighted by Crippen LogP contribution is -2.53. The predicted octanol–water partition coefficient (Wildman–Crippen LogP) is 6.11. The van der Waals surface area contributed by atoms with Crippen molar-refractivity contribution in [1.29, 1.82) is 0 Å². The van der Waals surface area contributed by atoms with Gasteiger partial charge in [-0.05, 0) is 25.0 Å².